The van der Waals surface area contributed by atoms with Crippen LogP contribution in [0.25, 0.3) is 45.0 Å². The Labute approximate surface area is 723 Å². The average Bonchev–Trinajstić information content (AvgIpc) is 0.828. The molecule has 22 nitrogen and oxygen atoms in total. The summed E-state index contributed by atoms with van der Waals surface area (Å²) in [5.74, 6) is 0.461. The number of anilines is 5. The predicted molar refractivity (Wildman–Crippen MR) is 477 cm³/mol. The van der Waals surface area contributed by atoms with Crippen molar-refractivity contribution < 1.29 is 47.5 Å². The van der Waals surface area contributed by atoms with E-state index in [1.807, 2.05) is 107 Å². The first-order chi connectivity index (χ1) is 58.1. The molecule has 0 saturated carbocycles. The summed E-state index contributed by atoms with van der Waals surface area (Å²) in [6.07, 6.45) is 18.1. The molecule has 8 heterocycles. The van der Waals surface area contributed by atoms with Crippen molar-refractivity contribution in [1.82, 2.24) is 39.9 Å². The maximum absolute atomic E-state index is 12.9. The summed E-state index contributed by atoms with van der Waals surface area (Å²) in [6, 6.07) is 49.8. The van der Waals surface area contributed by atoms with Gasteiger partial charge in [-0.3, -0.25) is 63.3 Å². The van der Waals surface area contributed by atoms with Crippen molar-refractivity contribution in [1.29, 1.82) is 0 Å². The van der Waals surface area contributed by atoms with Crippen LogP contribution >= 0.6 is 46.4 Å². The summed E-state index contributed by atoms with van der Waals surface area (Å²) in [5.41, 5.74) is 20.8. The number of ether oxygens (including phenoxy) is 1. The molecule has 12 rings (SSSR count). The van der Waals surface area contributed by atoms with Crippen LogP contribution in [0.15, 0.2) is 219 Å². The largest absolute Gasteiger partial charge is 0.481 e. The van der Waals surface area contributed by atoms with Crippen LogP contribution < -0.4 is 30.1 Å². The second-order valence-electron chi connectivity index (χ2n) is 27.9. The highest BCUT2D eigenvalue weighted by Crippen LogP contribution is 2.36. The molecule has 0 radical (unpaired) electrons. The van der Waals surface area contributed by atoms with Crippen molar-refractivity contribution >= 4 is 122 Å². The molecule has 4 amide bonds. The minimum atomic E-state index is -0.542. The van der Waals surface area contributed by atoms with Crippen LogP contribution in [0.4, 0.5) is 33.0 Å². The molecule has 0 bridgehead atoms. The fraction of sp³-hybridized carbons (Fsp3) is 0.234. The number of ketones is 4. The first kappa shape index (κ1) is 92.2. The van der Waals surface area contributed by atoms with E-state index in [9.17, 15) is 42.7 Å². The number of hydrogen-bond acceptors (Lipinski definition) is 18. The topological polar surface area (TPSA) is 288 Å². The standard InChI is InChI=1S/C24H24ClN3O3.C24H24ClN3O2.C23H21ClFN3O2.C23H23ClN4O2/c1-4-23(30)28(2)18-9-10-19(20(25)14-18)21-11-7-17(15-27-21)22(29)12-8-16-6-5-13-26-24(16)31-3;1-4-24(30)28(3)19-9-10-20(21(25)13-19)22-11-8-18(15-27-22)23(29)12-7-17-6-5-16(2)26-14-17;2*1-3-23(30)28(2)17-7-8-18(19(24)12-17)20-9-6-16(14-26-20)21(29)10-4-15-5-11-22(25)27-13-15/h5-7,9-11,13-15H,4,8,12H2,1-3H3;5-6,8-11,13-15H,4,7,12H2,1-3H3;5-9,11-14H,3-4,10H2,1-2H3;5-9,11-14H,3-4,10H2,1-2H3,(H2,25,27). The highest BCUT2D eigenvalue weighted by Gasteiger charge is 2.21. The molecule has 12 aromatic rings. The van der Waals surface area contributed by atoms with Gasteiger partial charge in [0.25, 0.3) is 0 Å². The molecule has 0 aliphatic carbocycles. The van der Waals surface area contributed by atoms with Crippen LogP contribution in [0.5, 0.6) is 5.88 Å². The Kier molecular flexibility index (Phi) is 34.2. The molecule has 4 aromatic carbocycles. The van der Waals surface area contributed by atoms with Gasteiger partial charge < -0.3 is 30.1 Å². The van der Waals surface area contributed by atoms with Gasteiger partial charge in [0.1, 0.15) is 5.82 Å². The highest BCUT2D eigenvalue weighted by molar-refractivity contribution is 6.35. The zero-order valence-electron chi connectivity index (χ0n) is 68.8. The van der Waals surface area contributed by atoms with E-state index in [2.05, 4.69) is 39.9 Å². The summed E-state index contributed by atoms with van der Waals surface area (Å²) in [7, 11) is 8.43. The number of amides is 4. The number of rotatable bonds is 29. The number of halogens is 5. The summed E-state index contributed by atoms with van der Waals surface area (Å²) in [4.78, 5) is 137. The Bertz CT molecular complexity index is 5210. The quantitative estimate of drug-likeness (QED) is 0.0336. The molecule has 8 aromatic heterocycles. The van der Waals surface area contributed by atoms with Gasteiger partial charge in [-0.25, -0.2) is 15.0 Å². The molecule has 121 heavy (non-hydrogen) atoms. The molecule has 622 valence electrons. The minimum absolute atomic E-state index is 0.00349. The van der Waals surface area contributed by atoms with Crippen molar-refractivity contribution in [3.8, 4) is 50.9 Å². The minimum Gasteiger partial charge on any atom is -0.481 e. The molecule has 0 atom stereocenters. The van der Waals surface area contributed by atoms with Crippen molar-refractivity contribution in [2.24, 2.45) is 0 Å². The average molecular weight is 1710 g/mol. The Balaban J connectivity index is 0.000000183. The smallest absolute Gasteiger partial charge is 0.226 e. The van der Waals surface area contributed by atoms with E-state index in [-0.39, 0.29) is 53.2 Å². The number of carbonyl (C=O) groups excluding carboxylic acids is 8. The Hall–Kier alpha value is -12.7. The molecule has 0 aliphatic rings. The van der Waals surface area contributed by atoms with E-state index < -0.39 is 5.95 Å². The molecule has 27 heteroatoms. The monoisotopic (exact) mass is 1710 g/mol. The van der Waals surface area contributed by atoms with E-state index >= 15 is 0 Å². The zero-order valence-corrected chi connectivity index (χ0v) is 71.8. The fourth-order valence-electron chi connectivity index (χ4n) is 12.3. The van der Waals surface area contributed by atoms with Crippen molar-refractivity contribution in [3.63, 3.8) is 0 Å². The molecule has 2 N–H and O–H groups in total. The van der Waals surface area contributed by atoms with Crippen molar-refractivity contribution in [2.45, 2.75) is 112 Å². The van der Waals surface area contributed by atoms with Crippen LogP contribution in [0.1, 0.15) is 148 Å². The SMILES string of the molecule is CCC(=O)N(C)c1ccc(-c2ccc(C(=O)CCc3ccc(C)nc3)cn2)c(Cl)c1.CCC(=O)N(C)c1ccc(-c2ccc(C(=O)CCc3ccc(F)nc3)cn2)c(Cl)c1.CCC(=O)N(C)c1ccc(-c2ccc(C(=O)CCc3ccc(N)nc3)cn2)c(Cl)c1.CCC(=O)N(C)c1ccc(-c2ccc(C(=O)CCc3cccnc3OC)cn2)c(Cl)c1. The number of methoxy groups -OCH3 is 1. The number of nitrogen functional groups attached to an aromatic ring is 1. The molecule has 0 saturated heterocycles. The summed E-state index contributed by atoms with van der Waals surface area (Å²) in [6.45, 7) is 9.19. The van der Waals surface area contributed by atoms with Gasteiger partial charge in [0.05, 0.1) is 50.0 Å². The van der Waals surface area contributed by atoms with Gasteiger partial charge in [-0.1, -0.05) is 98.4 Å². The van der Waals surface area contributed by atoms with Crippen LogP contribution in [-0.2, 0) is 44.9 Å². The maximum Gasteiger partial charge on any atom is 0.226 e. The Morgan fingerprint density at radius 1 is 0.364 bits per heavy atom. The number of pyridine rings is 8. The van der Waals surface area contributed by atoms with E-state index in [0.717, 1.165) is 61.7 Å². The van der Waals surface area contributed by atoms with Crippen molar-refractivity contribution in [2.75, 3.05) is 60.6 Å². The first-order valence-corrected chi connectivity index (χ1v) is 40.5. The zero-order chi connectivity index (χ0) is 87.4. The molecular weight excluding hydrogens is 1620 g/mol. The number of carbonyl (C=O) groups is 8. The van der Waals surface area contributed by atoms with E-state index in [1.165, 1.54) is 18.5 Å². The number of benzene rings is 4. The van der Waals surface area contributed by atoms with Crippen LogP contribution in [0.3, 0.4) is 0 Å². The van der Waals surface area contributed by atoms with E-state index in [0.29, 0.717) is 159 Å². The number of Topliss-reactive ketones (excluding diaryl/α,β-unsaturated/α-hetero) is 4. The number of aryl methyl sites for hydroxylation is 5. The second-order valence-corrected chi connectivity index (χ2v) is 29.5. The lowest BCUT2D eigenvalue weighted by atomic mass is 10.0. The normalized spacial score (nSPS) is 10.6. The van der Waals surface area contributed by atoms with Gasteiger partial charge in [-0.15, -0.1) is 0 Å². The summed E-state index contributed by atoms with van der Waals surface area (Å²) < 4.78 is 18.1. The molecule has 0 spiro atoms. The predicted octanol–water partition coefficient (Wildman–Crippen LogP) is 20.0. The molecule has 0 unspecified atom stereocenters. The first-order valence-electron chi connectivity index (χ1n) is 39.0. The van der Waals surface area contributed by atoms with E-state index in [1.54, 1.807) is 184 Å². The Morgan fingerprint density at radius 2 is 0.678 bits per heavy atom. The third kappa shape index (κ3) is 25.9. The molecule has 0 fully saturated rings. The third-order valence-electron chi connectivity index (χ3n) is 19.7. The van der Waals surface area contributed by atoms with Crippen LogP contribution in [0.2, 0.25) is 20.1 Å². The summed E-state index contributed by atoms with van der Waals surface area (Å²) in [5, 5.41) is 1.95. The second kappa shape index (κ2) is 44.9. The highest BCUT2D eigenvalue weighted by atomic mass is 35.5. The lowest BCUT2D eigenvalue weighted by Crippen LogP contribution is -2.24. The fourth-order valence-corrected chi connectivity index (χ4v) is 13.3. The van der Waals surface area contributed by atoms with Gasteiger partial charge in [-0.2, -0.15) is 4.39 Å². The van der Waals surface area contributed by atoms with Crippen LogP contribution in [0, 0.1) is 12.9 Å². The van der Waals surface area contributed by atoms with Gasteiger partial charge in [-0.05, 0) is 195 Å². The number of nitrogens with zero attached hydrogens (tertiary/aromatic N) is 12. The van der Waals surface area contributed by atoms with E-state index in [4.69, 9.17) is 56.9 Å². The van der Waals surface area contributed by atoms with Crippen LogP contribution in [-0.4, -0.2) is 122 Å². The Morgan fingerprint density at radius 3 is 0.942 bits per heavy atom. The van der Waals surface area contributed by atoms with Gasteiger partial charge in [0.15, 0.2) is 23.1 Å². The lowest BCUT2D eigenvalue weighted by molar-refractivity contribution is -0.118. The number of aromatic nitrogens is 8. The van der Waals surface area contributed by atoms with Crippen molar-refractivity contribution in [3.05, 3.63) is 296 Å². The molecule has 0 aliphatic heterocycles. The number of hydrogen-bond donors (Lipinski definition) is 1. The van der Waals surface area contributed by atoms with Gasteiger partial charge >= 0.3 is 0 Å². The molecular formula is C94H92Cl4FN13O9. The number of nitrogens with two attached hydrogens (primary N) is 1. The maximum atomic E-state index is 12.9. The third-order valence-corrected chi connectivity index (χ3v) is 21.0. The summed E-state index contributed by atoms with van der Waals surface area (Å²) >= 11 is 25.7. The van der Waals surface area contributed by atoms with Gasteiger partial charge in [0.2, 0.25) is 35.5 Å². The van der Waals surface area contributed by atoms with Gasteiger partial charge in [0, 0.05) is 208 Å². The lowest BCUT2D eigenvalue weighted by Gasteiger charge is -2.17.